The monoisotopic (exact) mass is 375 g/mol. The molecule has 8 heteroatoms. The summed E-state index contributed by atoms with van der Waals surface area (Å²) in [6.45, 7) is 5.08. The van der Waals surface area contributed by atoms with Gasteiger partial charge >= 0.3 is 0 Å². The summed E-state index contributed by atoms with van der Waals surface area (Å²) in [6, 6.07) is 6.11. The first-order valence-electron chi connectivity index (χ1n) is 8.60. The first kappa shape index (κ1) is 17.0. The minimum absolute atomic E-state index is 0.0719. The van der Waals surface area contributed by atoms with Crippen molar-refractivity contribution in [2.75, 3.05) is 18.9 Å². The van der Waals surface area contributed by atoms with Gasteiger partial charge in [-0.2, -0.15) is 0 Å². The molecule has 3 heterocycles. The molecule has 1 aliphatic rings. The highest BCUT2D eigenvalue weighted by Crippen LogP contribution is 2.29. The molecule has 0 bridgehead atoms. The maximum absolute atomic E-state index is 13.7. The Morgan fingerprint density at radius 3 is 3.00 bits per heavy atom. The largest absolute Gasteiger partial charge is 0.483 e. The number of nitrogen functional groups attached to an aromatic ring is 1. The Morgan fingerprint density at radius 2 is 2.23 bits per heavy atom. The summed E-state index contributed by atoms with van der Waals surface area (Å²) in [7, 11) is 0. The van der Waals surface area contributed by atoms with E-state index in [0.717, 1.165) is 36.3 Å². The van der Waals surface area contributed by atoms with Crippen LogP contribution in [0.2, 0.25) is 0 Å². The summed E-state index contributed by atoms with van der Waals surface area (Å²) in [6.07, 6.45) is 0.862. The van der Waals surface area contributed by atoms with Crippen molar-refractivity contribution in [3.8, 4) is 5.75 Å². The van der Waals surface area contributed by atoms with Gasteiger partial charge < -0.3 is 15.5 Å². The normalized spacial score (nSPS) is 16.6. The standard InChI is InChI=1S/C18H19FN4O2S/c1-2-22-8-7-11-14(9-22)26-17-16(11)18(24)23(20)15(21-17)10-25-13-6-4-3-5-12(13)19/h3-6H,2,7-10,20H2,1H3/p+1. The molecular weight excluding hydrogens is 355 g/mol. The number of nitrogens with two attached hydrogens (primary N) is 1. The zero-order valence-corrected chi connectivity index (χ0v) is 15.2. The van der Waals surface area contributed by atoms with E-state index in [1.165, 1.54) is 21.9 Å². The van der Waals surface area contributed by atoms with E-state index < -0.39 is 5.82 Å². The number of ether oxygens (including phenoxy) is 1. The van der Waals surface area contributed by atoms with Gasteiger partial charge in [-0.05, 0) is 24.6 Å². The average Bonchev–Trinajstić information content (AvgIpc) is 3.02. The van der Waals surface area contributed by atoms with E-state index >= 15 is 0 Å². The number of quaternary nitrogens is 1. The third-order valence-electron chi connectivity index (χ3n) is 4.85. The van der Waals surface area contributed by atoms with Crippen LogP contribution < -0.4 is 21.0 Å². The number of aromatic nitrogens is 2. The zero-order chi connectivity index (χ0) is 18.3. The van der Waals surface area contributed by atoms with Gasteiger partial charge in [0.1, 0.15) is 18.0 Å². The van der Waals surface area contributed by atoms with E-state index in [1.807, 2.05) is 0 Å². The molecule has 0 radical (unpaired) electrons. The summed E-state index contributed by atoms with van der Waals surface area (Å²) in [5.41, 5.74) is 0.819. The number of thiophene rings is 1. The van der Waals surface area contributed by atoms with Crippen molar-refractivity contribution in [3.63, 3.8) is 0 Å². The third-order valence-corrected chi connectivity index (χ3v) is 5.97. The second kappa shape index (κ2) is 6.69. The van der Waals surface area contributed by atoms with E-state index in [9.17, 15) is 9.18 Å². The molecule has 0 saturated heterocycles. The molecule has 136 valence electrons. The second-order valence-corrected chi connectivity index (χ2v) is 7.47. The number of halogens is 1. The number of fused-ring (bicyclic) bond motifs is 3. The first-order valence-corrected chi connectivity index (χ1v) is 9.42. The lowest BCUT2D eigenvalue weighted by atomic mass is 10.1. The first-order chi connectivity index (χ1) is 12.6. The molecular formula is C18H20FN4O2S+. The van der Waals surface area contributed by atoms with Crippen LogP contribution in [0.5, 0.6) is 5.75 Å². The van der Waals surface area contributed by atoms with E-state index in [-0.39, 0.29) is 23.7 Å². The number of rotatable bonds is 4. The van der Waals surface area contributed by atoms with Crippen molar-refractivity contribution in [1.82, 2.24) is 9.66 Å². The van der Waals surface area contributed by atoms with Crippen LogP contribution in [0.25, 0.3) is 10.2 Å². The Kier molecular flexibility index (Phi) is 4.37. The van der Waals surface area contributed by atoms with Crippen LogP contribution in [-0.4, -0.2) is 22.7 Å². The maximum atomic E-state index is 13.7. The number of hydrogen-bond donors (Lipinski definition) is 2. The molecule has 1 atom stereocenters. The van der Waals surface area contributed by atoms with Crippen LogP contribution in [-0.2, 0) is 19.6 Å². The van der Waals surface area contributed by atoms with Crippen LogP contribution in [0.1, 0.15) is 23.2 Å². The molecule has 2 aromatic heterocycles. The number of hydrogen-bond acceptors (Lipinski definition) is 5. The van der Waals surface area contributed by atoms with E-state index in [4.69, 9.17) is 10.6 Å². The number of nitrogens with zero attached hydrogens (tertiary/aromatic N) is 2. The molecule has 0 fully saturated rings. The Bertz CT molecular complexity index is 1030. The molecule has 1 unspecified atom stereocenters. The highest BCUT2D eigenvalue weighted by molar-refractivity contribution is 7.18. The highest BCUT2D eigenvalue weighted by atomic mass is 32.1. The van der Waals surface area contributed by atoms with Crippen LogP contribution in [0.3, 0.4) is 0 Å². The second-order valence-electron chi connectivity index (χ2n) is 6.39. The molecule has 4 rings (SSSR count). The van der Waals surface area contributed by atoms with Crippen molar-refractivity contribution < 1.29 is 14.0 Å². The van der Waals surface area contributed by atoms with Gasteiger partial charge in [-0.1, -0.05) is 12.1 Å². The quantitative estimate of drug-likeness (QED) is 0.663. The Labute approximate surface area is 153 Å². The molecule has 26 heavy (non-hydrogen) atoms. The van der Waals surface area contributed by atoms with E-state index in [2.05, 4.69) is 11.9 Å². The fourth-order valence-electron chi connectivity index (χ4n) is 3.34. The van der Waals surface area contributed by atoms with Crippen molar-refractivity contribution in [1.29, 1.82) is 0 Å². The minimum Gasteiger partial charge on any atom is -0.483 e. The lowest BCUT2D eigenvalue weighted by molar-refractivity contribution is -0.913. The van der Waals surface area contributed by atoms with Gasteiger partial charge in [0, 0.05) is 6.42 Å². The summed E-state index contributed by atoms with van der Waals surface area (Å²) in [5.74, 6) is 5.89. The summed E-state index contributed by atoms with van der Waals surface area (Å²) in [5, 5.41) is 0.622. The Morgan fingerprint density at radius 1 is 1.42 bits per heavy atom. The van der Waals surface area contributed by atoms with Gasteiger partial charge in [-0.25, -0.2) is 14.1 Å². The van der Waals surface area contributed by atoms with E-state index in [0.29, 0.717) is 10.2 Å². The number of benzene rings is 1. The average molecular weight is 375 g/mol. The summed E-state index contributed by atoms with van der Waals surface area (Å²) >= 11 is 1.55. The predicted molar refractivity (Wildman–Crippen MR) is 98.5 cm³/mol. The highest BCUT2D eigenvalue weighted by Gasteiger charge is 2.26. The van der Waals surface area contributed by atoms with Gasteiger partial charge in [0.25, 0.3) is 5.56 Å². The lowest BCUT2D eigenvalue weighted by Gasteiger charge is -2.22. The number of likely N-dealkylation sites (N-methyl/N-ethyl adjacent to an activating group) is 1. The molecule has 6 nitrogen and oxygen atoms in total. The minimum atomic E-state index is -0.464. The van der Waals surface area contributed by atoms with Crippen LogP contribution in [0.4, 0.5) is 4.39 Å². The Hall–Kier alpha value is -2.45. The van der Waals surface area contributed by atoms with Crippen LogP contribution >= 0.6 is 11.3 Å². The van der Waals surface area contributed by atoms with Crippen molar-refractivity contribution in [2.24, 2.45) is 0 Å². The predicted octanol–water partition coefficient (Wildman–Crippen LogP) is 0.851. The van der Waals surface area contributed by atoms with Crippen molar-refractivity contribution in [2.45, 2.75) is 26.5 Å². The third kappa shape index (κ3) is 2.85. The van der Waals surface area contributed by atoms with Gasteiger partial charge in [0.15, 0.2) is 17.4 Å². The molecule has 3 N–H and O–H groups in total. The van der Waals surface area contributed by atoms with Crippen LogP contribution in [0.15, 0.2) is 29.1 Å². The molecule has 0 aliphatic carbocycles. The lowest BCUT2D eigenvalue weighted by Crippen LogP contribution is -3.11. The SMILES string of the molecule is CC[NH+]1CCc2c(sc3nc(COc4ccccc4F)n(N)c(=O)c23)C1. The van der Waals surface area contributed by atoms with Crippen molar-refractivity contribution >= 4 is 21.6 Å². The Balaban J connectivity index is 1.70. The van der Waals surface area contributed by atoms with Gasteiger partial charge in [0.05, 0.1) is 23.4 Å². The maximum Gasteiger partial charge on any atom is 0.281 e. The molecule has 3 aromatic rings. The van der Waals surface area contributed by atoms with Crippen molar-refractivity contribution in [3.05, 3.63) is 56.7 Å². The number of nitrogens with one attached hydrogen (secondary N) is 1. The summed E-state index contributed by atoms with van der Waals surface area (Å²) in [4.78, 5) is 20.7. The number of para-hydroxylation sites is 1. The van der Waals surface area contributed by atoms with Crippen LogP contribution in [0, 0.1) is 5.82 Å². The molecule has 0 amide bonds. The summed E-state index contributed by atoms with van der Waals surface area (Å²) < 4.78 is 20.2. The molecule has 0 saturated carbocycles. The zero-order valence-electron chi connectivity index (χ0n) is 14.4. The molecule has 0 spiro atoms. The van der Waals surface area contributed by atoms with Gasteiger partial charge in [0.2, 0.25) is 0 Å². The fourth-order valence-corrected chi connectivity index (χ4v) is 4.64. The molecule has 1 aliphatic heterocycles. The van der Waals surface area contributed by atoms with Gasteiger partial charge in [-0.15, -0.1) is 11.3 Å². The fraction of sp³-hybridized carbons (Fsp3) is 0.333. The topological polar surface area (TPSA) is 74.6 Å². The van der Waals surface area contributed by atoms with E-state index in [1.54, 1.807) is 23.5 Å². The van der Waals surface area contributed by atoms with Gasteiger partial charge in [-0.3, -0.25) is 4.79 Å². The molecule has 1 aromatic carbocycles. The smallest absolute Gasteiger partial charge is 0.281 e.